The van der Waals surface area contributed by atoms with Crippen LogP contribution in [0, 0.1) is 10.1 Å². The molecule has 0 fully saturated rings. The molecule has 1 aromatic carbocycles. The zero-order valence-corrected chi connectivity index (χ0v) is 19.5. The van der Waals surface area contributed by atoms with E-state index < -0.39 is 46.6 Å². The molecule has 1 aliphatic rings. The van der Waals surface area contributed by atoms with Crippen LogP contribution in [-0.4, -0.2) is 42.2 Å². The predicted octanol–water partition coefficient (Wildman–Crippen LogP) is 4.77. The second kappa shape index (κ2) is 10.5. The average molecular weight is 510 g/mol. The third-order valence-corrected chi connectivity index (χ3v) is 4.88. The minimum atomic E-state index is -4.94. The van der Waals surface area contributed by atoms with E-state index in [1.165, 1.54) is 12.1 Å². The molecule has 1 unspecified atom stereocenters. The number of hydrogen-bond acceptors (Lipinski definition) is 8. The number of benzene rings is 1. The van der Waals surface area contributed by atoms with Gasteiger partial charge in [0.1, 0.15) is 5.75 Å². The molecule has 0 N–H and O–H groups in total. The summed E-state index contributed by atoms with van der Waals surface area (Å²) in [6.45, 7) is 6.28. The Bertz CT molecular complexity index is 987. The number of hydrogen-bond donors (Lipinski definition) is 0. The summed E-state index contributed by atoms with van der Waals surface area (Å²) < 4.78 is 55.9. The second-order valence-electron chi connectivity index (χ2n) is 8.38. The molecule has 0 spiro atoms. The molecule has 1 aliphatic heterocycles. The molecule has 9 nitrogen and oxygen atoms in total. The average Bonchev–Trinajstić information content (AvgIpc) is 2.67. The molecular formula is C21H23ClF3NO8. The fourth-order valence-corrected chi connectivity index (χ4v) is 3.50. The maximum atomic E-state index is 13.7. The highest BCUT2D eigenvalue weighted by Gasteiger charge is 2.49. The van der Waals surface area contributed by atoms with Gasteiger partial charge in [-0.15, -0.1) is 10.1 Å². The Labute approximate surface area is 197 Å². The third-order valence-electron chi connectivity index (χ3n) is 4.57. The van der Waals surface area contributed by atoms with Crippen LogP contribution in [-0.2, 0) is 29.3 Å². The van der Waals surface area contributed by atoms with Gasteiger partial charge in [-0.05, 0) is 35.6 Å². The van der Waals surface area contributed by atoms with Crippen molar-refractivity contribution in [2.45, 2.75) is 64.5 Å². The van der Waals surface area contributed by atoms with Crippen molar-refractivity contribution in [3.8, 4) is 5.75 Å². The number of nitrogens with zero attached hydrogens (tertiary/aromatic N) is 1. The lowest BCUT2D eigenvalue weighted by Crippen LogP contribution is -2.41. The van der Waals surface area contributed by atoms with Crippen LogP contribution in [0.2, 0.25) is 5.02 Å². The fourth-order valence-electron chi connectivity index (χ4n) is 3.04. The van der Waals surface area contributed by atoms with E-state index in [-0.39, 0.29) is 35.8 Å². The summed E-state index contributed by atoms with van der Waals surface area (Å²) in [4.78, 5) is 38.3. The van der Waals surface area contributed by atoms with Gasteiger partial charge in [0.05, 0.1) is 12.2 Å². The van der Waals surface area contributed by atoms with Gasteiger partial charge in [0, 0.05) is 23.9 Å². The number of ether oxygens (including phenoxy) is 3. The number of carbonyl (C=O) groups excluding carboxylic acids is 2. The fraction of sp³-hybridized carbons (Fsp3) is 0.524. The van der Waals surface area contributed by atoms with Gasteiger partial charge in [-0.25, -0.2) is 4.79 Å². The van der Waals surface area contributed by atoms with Crippen LogP contribution in [0.15, 0.2) is 17.7 Å². The molecule has 34 heavy (non-hydrogen) atoms. The van der Waals surface area contributed by atoms with E-state index in [2.05, 4.69) is 4.84 Å². The molecule has 0 saturated carbocycles. The van der Waals surface area contributed by atoms with Gasteiger partial charge in [0.25, 0.3) is 5.09 Å². The van der Waals surface area contributed by atoms with E-state index in [0.29, 0.717) is 5.56 Å². The van der Waals surface area contributed by atoms with Crippen LogP contribution in [0.1, 0.15) is 51.7 Å². The Morgan fingerprint density at radius 3 is 2.44 bits per heavy atom. The number of carbonyl (C=O) groups is 2. The summed E-state index contributed by atoms with van der Waals surface area (Å²) in [6, 6.07) is 2.80. The van der Waals surface area contributed by atoms with Gasteiger partial charge >= 0.3 is 18.1 Å². The molecule has 0 saturated heterocycles. The van der Waals surface area contributed by atoms with Gasteiger partial charge < -0.3 is 19.0 Å². The Morgan fingerprint density at radius 2 is 1.88 bits per heavy atom. The van der Waals surface area contributed by atoms with Gasteiger partial charge in [0.15, 0.2) is 0 Å². The van der Waals surface area contributed by atoms with Gasteiger partial charge in [-0.1, -0.05) is 32.4 Å². The number of halogens is 4. The van der Waals surface area contributed by atoms with E-state index in [1.807, 2.05) is 20.8 Å². The van der Waals surface area contributed by atoms with E-state index in [9.17, 15) is 32.9 Å². The Morgan fingerprint density at radius 1 is 1.24 bits per heavy atom. The highest BCUT2D eigenvalue weighted by molar-refractivity contribution is 6.31. The van der Waals surface area contributed by atoms with Crippen molar-refractivity contribution >= 4 is 29.6 Å². The van der Waals surface area contributed by atoms with E-state index in [0.717, 1.165) is 13.0 Å². The Kier molecular flexibility index (Phi) is 8.40. The summed E-state index contributed by atoms with van der Waals surface area (Å²) in [5, 5.41) is 9.31. The molecule has 0 aromatic heterocycles. The summed E-state index contributed by atoms with van der Waals surface area (Å²) in [5.74, 6) is -2.38. The van der Waals surface area contributed by atoms with Gasteiger partial charge in [-0.3, -0.25) is 4.79 Å². The first-order valence-corrected chi connectivity index (χ1v) is 10.4. The SMILES string of the molecule is C[C@@H](OC(=O)CCCO[N+](=O)[O-])OC(=O)C1=Cc2cc(Cl)c(C(C)(C)C)cc2OC1C(F)(F)F. The predicted molar refractivity (Wildman–Crippen MR) is 112 cm³/mol. The van der Waals surface area contributed by atoms with Crippen molar-refractivity contribution < 1.29 is 46.9 Å². The molecule has 188 valence electrons. The van der Waals surface area contributed by atoms with E-state index in [4.69, 9.17) is 25.8 Å². The zero-order valence-electron chi connectivity index (χ0n) is 18.7. The van der Waals surface area contributed by atoms with Crippen LogP contribution in [0.4, 0.5) is 13.2 Å². The number of fused-ring (bicyclic) bond motifs is 1. The number of esters is 2. The van der Waals surface area contributed by atoms with Crippen molar-refractivity contribution in [3.63, 3.8) is 0 Å². The summed E-state index contributed by atoms with van der Waals surface area (Å²) in [7, 11) is 0. The lowest BCUT2D eigenvalue weighted by Gasteiger charge is -2.30. The second-order valence-corrected chi connectivity index (χ2v) is 8.79. The Hall–Kier alpha value is -3.02. The van der Waals surface area contributed by atoms with Crippen LogP contribution in [0.5, 0.6) is 5.75 Å². The Balaban J connectivity index is 2.18. The molecule has 0 bridgehead atoms. The highest BCUT2D eigenvalue weighted by atomic mass is 35.5. The number of alkyl halides is 3. The highest BCUT2D eigenvalue weighted by Crippen LogP contribution is 2.42. The van der Waals surface area contributed by atoms with Crippen LogP contribution in [0.25, 0.3) is 6.08 Å². The topological polar surface area (TPSA) is 114 Å². The van der Waals surface area contributed by atoms with Crippen LogP contribution >= 0.6 is 11.6 Å². The first kappa shape index (κ1) is 27.2. The molecule has 0 amide bonds. The molecule has 2 rings (SSSR count). The maximum Gasteiger partial charge on any atom is 0.430 e. The van der Waals surface area contributed by atoms with Crippen molar-refractivity contribution in [2.24, 2.45) is 0 Å². The first-order chi connectivity index (χ1) is 15.6. The summed E-state index contributed by atoms with van der Waals surface area (Å²) in [6.07, 6.45) is -8.45. The van der Waals surface area contributed by atoms with Gasteiger partial charge in [0.2, 0.25) is 12.4 Å². The first-order valence-electron chi connectivity index (χ1n) is 10.1. The van der Waals surface area contributed by atoms with Crippen molar-refractivity contribution in [1.29, 1.82) is 0 Å². The van der Waals surface area contributed by atoms with Gasteiger partial charge in [-0.2, -0.15) is 13.2 Å². The van der Waals surface area contributed by atoms with Crippen LogP contribution < -0.4 is 4.74 Å². The minimum Gasteiger partial charge on any atom is -0.475 e. The third kappa shape index (κ3) is 7.24. The molecular weight excluding hydrogens is 487 g/mol. The summed E-state index contributed by atoms with van der Waals surface area (Å²) >= 11 is 6.28. The quantitative estimate of drug-likeness (QED) is 0.162. The lowest BCUT2D eigenvalue weighted by molar-refractivity contribution is -0.757. The molecule has 13 heteroatoms. The number of rotatable bonds is 8. The van der Waals surface area contributed by atoms with E-state index in [1.54, 1.807) is 0 Å². The summed E-state index contributed by atoms with van der Waals surface area (Å²) in [5.41, 5.74) is -0.596. The molecule has 0 aliphatic carbocycles. The normalized spacial score (nSPS) is 16.5. The van der Waals surface area contributed by atoms with Crippen molar-refractivity contribution in [3.05, 3.63) is 44.0 Å². The minimum absolute atomic E-state index is 0.0519. The lowest BCUT2D eigenvalue weighted by atomic mass is 9.85. The zero-order chi connectivity index (χ0) is 25.8. The van der Waals surface area contributed by atoms with Crippen molar-refractivity contribution in [1.82, 2.24) is 0 Å². The maximum absolute atomic E-state index is 13.7. The van der Waals surface area contributed by atoms with E-state index >= 15 is 0 Å². The molecule has 1 heterocycles. The smallest absolute Gasteiger partial charge is 0.430 e. The van der Waals surface area contributed by atoms with Crippen molar-refractivity contribution in [2.75, 3.05) is 6.61 Å². The molecule has 1 aromatic rings. The molecule has 2 atom stereocenters. The van der Waals surface area contributed by atoms with Crippen LogP contribution in [0.3, 0.4) is 0 Å². The largest absolute Gasteiger partial charge is 0.475 e. The standard InChI is InChI=1S/C21H23ClF3NO8/c1-11(32-17(27)6-5-7-31-26(29)30)33-19(28)13-8-12-9-15(22)14(20(2,3)4)10-16(12)34-18(13)21(23,24)25/h8-11,18H,5-7H2,1-4H3/t11-,18?/m0/s1. The monoisotopic (exact) mass is 509 g/mol. The molecule has 0 radical (unpaired) electrons.